The summed E-state index contributed by atoms with van der Waals surface area (Å²) in [7, 11) is 1.79. The molecule has 0 N–H and O–H groups in total. The van der Waals surface area contributed by atoms with Crippen LogP contribution in [-0.4, -0.2) is 55.1 Å². The van der Waals surface area contributed by atoms with Gasteiger partial charge in [-0.05, 0) is 62.8 Å². The Kier molecular flexibility index (Phi) is 5.35. The van der Waals surface area contributed by atoms with Gasteiger partial charge in [0.05, 0.1) is 23.5 Å². The van der Waals surface area contributed by atoms with Gasteiger partial charge < -0.3 is 18.8 Å². The lowest BCUT2D eigenvalue weighted by atomic mass is 9.79. The van der Waals surface area contributed by atoms with E-state index in [9.17, 15) is 4.79 Å². The van der Waals surface area contributed by atoms with Crippen molar-refractivity contribution in [2.75, 3.05) is 26.5 Å². The Labute approximate surface area is 159 Å². The Bertz CT molecular complexity index is 644. The number of hydrogen-bond acceptors (Lipinski definition) is 5. The van der Waals surface area contributed by atoms with Crippen LogP contribution >= 0.6 is 11.8 Å². The molecule has 2 heterocycles. The van der Waals surface area contributed by atoms with Crippen LogP contribution in [0.1, 0.15) is 54.8 Å². The van der Waals surface area contributed by atoms with Gasteiger partial charge in [-0.1, -0.05) is 0 Å². The summed E-state index contributed by atoms with van der Waals surface area (Å²) >= 11 is 1.69. The van der Waals surface area contributed by atoms with E-state index in [1.807, 2.05) is 23.3 Å². The highest BCUT2D eigenvalue weighted by Crippen LogP contribution is 2.44. The van der Waals surface area contributed by atoms with Gasteiger partial charge in [0.1, 0.15) is 5.76 Å². The molecule has 0 bridgehead atoms. The fraction of sp³-hybridized carbons (Fsp3) is 0.750. The molecular weight excluding hydrogens is 350 g/mol. The molecule has 5 nitrogen and oxygen atoms in total. The van der Waals surface area contributed by atoms with E-state index in [0.29, 0.717) is 5.76 Å². The van der Waals surface area contributed by atoms with Crippen LogP contribution in [0.3, 0.4) is 0 Å². The van der Waals surface area contributed by atoms with E-state index in [2.05, 4.69) is 0 Å². The van der Waals surface area contributed by atoms with Crippen LogP contribution in [0.2, 0.25) is 0 Å². The predicted molar refractivity (Wildman–Crippen MR) is 101 cm³/mol. The van der Waals surface area contributed by atoms with Crippen LogP contribution in [-0.2, 0) is 15.2 Å². The van der Waals surface area contributed by atoms with E-state index in [1.54, 1.807) is 18.9 Å². The first-order chi connectivity index (χ1) is 12.6. The lowest BCUT2D eigenvalue weighted by molar-refractivity contribution is -0.0979. The summed E-state index contributed by atoms with van der Waals surface area (Å²) in [6, 6.07) is 3.79. The van der Waals surface area contributed by atoms with Crippen molar-refractivity contribution < 1.29 is 18.7 Å². The van der Waals surface area contributed by atoms with Crippen molar-refractivity contribution in [1.82, 2.24) is 4.90 Å². The molecule has 2 saturated carbocycles. The number of thioether (sulfide) groups is 1. The van der Waals surface area contributed by atoms with Gasteiger partial charge in [-0.2, -0.15) is 11.8 Å². The van der Waals surface area contributed by atoms with Gasteiger partial charge in [0.25, 0.3) is 5.91 Å². The normalized spacial score (nSPS) is 31.2. The molecule has 1 aromatic rings. The fourth-order valence-electron chi connectivity index (χ4n) is 4.47. The summed E-state index contributed by atoms with van der Waals surface area (Å²) in [6.07, 6.45) is 8.63. The van der Waals surface area contributed by atoms with E-state index in [1.165, 1.54) is 12.8 Å². The highest BCUT2D eigenvalue weighted by molar-refractivity contribution is 7.97. The maximum atomic E-state index is 13.1. The summed E-state index contributed by atoms with van der Waals surface area (Å²) in [5, 5.41) is 0. The number of methoxy groups -OCH3 is 1. The Morgan fingerprint density at radius 2 is 2.19 bits per heavy atom. The van der Waals surface area contributed by atoms with Crippen LogP contribution in [0.15, 0.2) is 16.5 Å². The molecule has 0 unspecified atom stereocenters. The molecular formula is C20H29NO4S. The Hall–Kier alpha value is -0.980. The molecule has 0 radical (unpaired) electrons. The molecule has 26 heavy (non-hydrogen) atoms. The Balaban J connectivity index is 1.47. The zero-order chi connectivity index (χ0) is 18.1. The van der Waals surface area contributed by atoms with Crippen molar-refractivity contribution in [3.8, 4) is 0 Å². The minimum Gasteiger partial charge on any atom is -0.455 e. The van der Waals surface area contributed by atoms with E-state index >= 15 is 0 Å². The average Bonchev–Trinajstić information content (AvgIpc) is 3.24. The second-order valence-electron chi connectivity index (χ2n) is 7.91. The number of likely N-dealkylation sites (tertiary alicyclic amines) is 1. The topological polar surface area (TPSA) is 51.9 Å². The SMILES string of the molecule is CO[C@@]12CC[C@H](OCC3CC3)C[C@@H]1N(C(=O)c1ccc(CSC)o1)CC2. The van der Waals surface area contributed by atoms with Gasteiger partial charge in [0.15, 0.2) is 5.76 Å². The van der Waals surface area contributed by atoms with E-state index < -0.39 is 0 Å². The number of hydrogen-bond donors (Lipinski definition) is 0. The highest BCUT2D eigenvalue weighted by Gasteiger charge is 2.53. The number of amides is 1. The molecule has 0 spiro atoms. The molecule has 3 atom stereocenters. The second kappa shape index (κ2) is 7.56. The molecule has 1 amide bonds. The summed E-state index contributed by atoms with van der Waals surface area (Å²) in [5.41, 5.74) is -0.218. The van der Waals surface area contributed by atoms with Crippen LogP contribution in [0.25, 0.3) is 0 Å². The summed E-state index contributed by atoms with van der Waals surface area (Å²) in [4.78, 5) is 15.1. The molecule has 144 valence electrons. The lowest BCUT2D eigenvalue weighted by Gasteiger charge is -2.43. The van der Waals surface area contributed by atoms with Crippen LogP contribution in [0.5, 0.6) is 0 Å². The first-order valence-corrected chi connectivity index (χ1v) is 11.1. The van der Waals surface area contributed by atoms with Gasteiger partial charge in [0, 0.05) is 20.3 Å². The third kappa shape index (κ3) is 3.56. The van der Waals surface area contributed by atoms with Gasteiger partial charge in [-0.3, -0.25) is 4.79 Å². The van der Waals surface area contributed by atoms with Crippen molar-refractivity contribution in [2.45, 2.75) is 62.0 Å². The molecule has 2 aliphatic carbocycles. The third-order valence-corrected chi connectivity index (χ3v) is 6.80. The molecule has 1 aromatic heterocycles. The summed E-state index contributed by atoms with van der Waals surface area (Å²) in [5.74, 6) is 2.84. The number of nitrogens with zero attached hydrogens (tertiary/aromatic N) is 1. The quantitative estimate of drug-likeness (QED) is 0.723. The van der Waals surface area contributed by atoms with Crippen molar-refractivity contribution >= 4 is 17.7 Å². The number of carbonyl (C=O) groups excluding carboxylic acids is 1. The molecule has 3 fully saturated rings. The van der Waals surface area contributed by atoms with Crippen LogP contribution in [0.4, 0.5) is 0 Å². The number of furan rings is 1. The van der Waals surface area contributed by atoms with Crippen LogP contribution in [0, 0.1) is 5.92 Å². The monoisotopic (exact) mass is 379 g/mol. The maximum Gasteiger partial charge on any atom is 0.289 e. The summed E-state index contributed by atoms with van der Waals surface area (Å²) < 4.78 is 17.9. The standard InChI is InChI=1S/C20H29NO4S/c1-23-20-8-7-15(24-12-14-3-4-14)11-18(20)21(10-9-20)19(22)17-6-5-16(25-17)13-26-2/h5-6,14-15,18H,3-4,7-13H2,1-2H3/t15-,18-,20+/m0/s1. The summed E-state index contributed by atoms with van der Waals surface area (Å²) in [6.45, 7) is 1.60. The number of fused-ring (bicyclic) bond motifs is 1. The average molecular weight is 380 g/mol. The molecule has 0 aromatic carbocycles. The Morgan fingerprint density at radius 1 is 1.35 bits per heavy atom. The predicted octanol–water partition coefficient (Wildman–Crippen LogP) is 3.72. The van der Waals surface area contributed by atoms with Gasteiger partial charge >= 0.3 is 0 Å². The van der Waals surface area contributed by atoms with Crippen molar-refractivity contribution in [3.05, 3.63) is 23.7 Å². The zero-order valence-electron chi connectivity index (χ0n) is 15.7. The lowest BCUT2D eigenvalue weighted by Crippen LogP contribution is -2.53. The van der Waals surface area contributed by atoms with Crippen molar-refractivity contribution in [1.29, 1.82) is 0 Å². The maximum absolute atomic E-state index is 13.1. The highest BCUT2D eigenvalue weighted by atomic mass is 32.2. The van der Waals surface area contributed by atoms with E-state index in [4.69, 9.17) is 13.9 Å². The smallest absolute Gasteiger partial charge is 0.289 e. The first kappa shape index (κ1) is 18.4. The second-order valence-corrected chi connectivity index (χ2v) is 8.77. The van der Waals surface area contributed by atoms with Crippen molar-refractivity contribution in [3.63, 3.8) is 0 Å². The minimum atomic E-state index is -0.218. The minimum absolute atomic E-state index is 0.0101. The molecule has 1 aliphatic heterocycles. The van der Waals surface area contributed by atoms with E-state index in [0.717, 1.165) is 56.3 Å². The number of ether oxygens (including phenoxy) is 2. The Morgan fingerprint density at radius 3 is 2.92 bits per heavy atom. The first-order valence-electron chi connectivity index (χ1n) is 9.70. The number of rotatable bonds is 7. The fourth-order valence-corrected chi connectivity index (χ4v) is 4.91. The van der Waals surface area contributed by atoms with Gasteiger partial charge in [-0.25, -0.2) is 0 Å². The van der Waals surface area contributed by atoms with Gasteiger partial charge in [-0.15, -0.1) is 0 Å². The third-order valence-electron chi connectivity index (χ3n) is 6.23. The largest absolute Gasteiger partial charge is 0.455 e. The molecule has 1 saturated heterocycles. The van der Waals surface area contributed by atoms with E-state index in [-0.39, 0.29) is 23.7 Å². The zero-order valence-corrected chi connectivity index (χ0v) is 16.6. The van der Waals surface area contributed by atoms with Crippen molar-refractivity contribution in [2.24, 2.45) is 5.92 Å². The molecule has 4 rings (SSSR count). The molecule has 3 aliphatic rings. The van der Waals surface area contributed by atoms with Crippen LogP contribution < -0.4 is 0 Å². The number of carbonyl (C=O) groups is 1. The molecule has 6 heteroatoms. The van der Waals surface area contributed by atoms with Gasteiger partial charge in [0.2, 0.25) is 0 Å².